The number of aliphatic hydroxyl groups excluding tert-OH is 1. The normalized spacial score (nSPS) is 10.4. The van der Waals surface area contributed by atoms with Crippen LogP contribution in [0.1, 0.15) is 19.8 Å². The quantitative estimate of drug-likeness (QED) is 0.737. The van der Waals surface area contributed by atoms with Crippen molar-refractivity contribution in [3.05, 3.63) is 21.6 Å². The summed E-state index contributed by atoms with van der Waals surface area (Å²) in [7, 11) is 0. The standard InChI is InChI=1S/C10H16ClN3O2/c1-2-5-14-10(16)9(11)8(7-13-14)12-4-3-6-15/h7,12,15H,2-6H2,1H3. The maximum atomic E-state index is 11.7. The van der Waals surface area contributed by atoms with Gasteiger partial charge in [-0.15, -0.1) is 0 Å². The molecule has 0 saturated carbocycles. The fourth-order valence-electron chi connectivity index (χ4n) is 1.26. The van der Waals surface area contributed by atoms with Crippen LogP contribution in [0, 0.1) is 0 Å². The minimum Gasteiger partial charge on any atom is -0.396 e. The van der Waals surface area contributed by atoms with Crippen LogP contribution in [-0.4, -0.2) is 28.0 Å². The summed E-state index contributed by atoms with van der Waals surface area (Å²) in [5.41, 5.74) is 0.241. The Morgan fingerprint density at radius 3 is 3.00 bits per heavy atom. The van der Waals surface area contributed by atoms with Gasteiger partial charge in [0.05, 0.1) is 11.9 Å². The molecule has 6 heteroatoms. The summed E-state index contributed by atoms with van der Waals surface area (Å²) in [6.45, 7) is 3.20. The summed E-state index contributed by atoms with van der Waals surface area (Å²) in [5, 5.41) is 15.7. The lowest BCUT2D eigenvalue weighted by atomic mass is 10.4. The Labute approximate surface area is 99.0 Å². The molecule has 0 aromatic carbocycles. The maximum absolute atomic E-state index is 11.7. The first kappa shape index (κ1) is 13.0. The van der Waals surface area contributed by atoms with Crippen molar-refractivity contribution in [2.24, 2.45) is 0 Å². The molecule has 0 fully saturated rings. The molecular weight excluding hydrogens is 230 g/mol. The molecule has 1 aromatic heterocycles. The summed E-state index contributed by atoms with van der Waals surface area (Å²) in [4.78, 5) is 11.7. The summed E-state index contributed by atoms with van der Waals surface area (Å²) >= 11 is 5.91. The number of aromatic nitrogens is 2. The molecular formula is C10H16ClN3O2. The van der Waals surface area contributed by atoms with Crippen LogP contribution in [0.15, 0.2) is 11.0 Å². The van der Waals surface area contributed by atoms with E-state index in [1.807, 2.05) is 6.92 Å². The van der Waals surface area contributed by atoms with Crippen LogP contribution < -0.4 is 10.9 Å². The van der Waals surface area contributed by atoms with Crippen LogP contribution in [0.5, 0.6) is 0 Å². The Hall–Kier alpha value is -1.07. The van der Waals surface area contributed by atoms with Gasteiger partial charge in [-0.25, -0.2) is 4.68 Å². The van der Waals surface area contributed by atoms with E-state index in [2.05, 4.69) is 10.4 Å². The first-order valence-electron chi connectivity index (χ1n) is 5.31. The van der Waals surface area contributed by atoms with Crippen molar-refractivity contribution in [2.45, 2.75) is 26.3 Å². The van der Waals surface area contributed by atoms with Gasteiger partial charge in [-0.2, -0.15) is 5.10 Å². The van der Waals surface area contributed by atoms with Crippen LogP contribution in [0.3, 0.4) is 0 Å². The highest BCUT2D eigenvalue weighted by molar-refractivity contribution is 6.32. The van der Waals surface area contributed by atoms with Gasteiger partial charge >= 0.3 is 0 Å². The van der Waals surface area contributed by atoms with Crippen LogP contribution in [0.25, 0.3) is 0 Å². The van der Waals surface area contributed by atoms with Crippen LogP contribution in [0.4, 0.5) is 5.69 Å². The highest BCUT2D eigenvalue weighted by Gasteiger charge is 2.07. The molecule has 2 N–H and O–H groups in total. The second kappa shape index (κ2) is 6.50. The van der Waals surface area contributed by atoms with Crippen LogP contribution >= 0.6 is 11.6 Å². The number of rotatable bonds is 6. The zero-order chi connectivity index (χ0) is 12.0. The lowest BCUT2D eigenvalue weighted by Crippen LogP contribution is -2.24. The van der Waals surface area contributed by atoms with Gasteiger partial charge in [-0.05, 0) is 12.8 Å². The number of halogens is 1. The fraction of sp³-hybridized carbons (Fsp3) is 0.600. The first-order chi connectivity index (χ1) is 7.70. The molecule has 1 aromatic rings. The lowest BCUT2D eigenvalue weighted by Gasteiger charge is -2.08. The molecule has 0 spiro atoms. The van der Waals surface area contributed by atoms with Crippen molar-refractivity contribution in [1.29, 1.82) is 0 Å². The van der Waals surface area contributed by atoms with E-state index in [4.69, 9.17) is 16.7 Å². The number of hydrogen-bond donors (Lipinski definition) is 2. The van der Waals surface area contributed by atoms with E-state index in [1.165, 1.54) is 10.9 Å². The second-order valence-electron chi connectivity index (χ2n) is 3.40. The molecule has 0 aliphatic heterocycles. The number of nitrogens with one attached hydrogen (secondary N) is 1. The van der Waals surface area contributed by atoms with E-state index in [-0.39, 0.29) is 17.2 Å². The largest absolute Gasteiger partial charge is 0.396 e. The van der Waals surface area contributed by atoms with Gasteiger partial charge in [-0.1, -0.05) is 18.5 Å². The number of hydrogen-bond acceptors (Lipinski definition) is 4. The molecule has 0 aliphatic carbocycles. The van der Waals surface area contributed by atoms with E-state index in [0.717, 1.165) is 6.42 Å². The molecule has 5 nitrogen and oxygen atoms in total. The maximum Gasteiger partial charge on any atom is 0.287 e. The monoisotopic (exact) mass is 245 g/mol. The van der Waals surface area contributed by atoms with Gasteiger partial charge in [0.2, 0.25) is 0 Å². The molecule has 1 rings (SSSR count). The number of nitrogens with zero attached hydrogens (tertiary/aromatic N) is 2. The van der Waals surface area contributed by atoms with Crippen molar-refractivity contribution in [3.8, 4) is 0 Å². The molecule has 0 bridgehead atoms. The minimum absolute atomic E-state index is 0.102. The fourth-order valence-corrected chi connectivity index (χ4v) is 1.47. The zero-order valence-electron chi connectivity index (χ0n) is 9.24. The Balaban J connectivity index is 2.81. The van der Waals surface area contributed by atoms with Crippen LogP contribution in [-0.2, 0) is 6.54 Å². The van der Waals surface area contributed by atoms with Crippen molar-refractivity contribution < 1.29 is 5.11 Å². The molecule has 16 heavy (non-hydrogen) atoms. The number of aliphatic hydroxyl groups is 1. The van der Waals surface area contributed by atoms with Gasteiger partial charge < -0.3 is 10.4 Å². The molecule has 0 radical (unpaired) electrons. The Bertz CT molecular complexity index is 392. The number of anilines is 1. The van der Waals surface area contributed by atoms with Crippen molar-refractivity contribution in [2.75, 3.05) is 18.5 Å². The summed E-state index contributed by atoms with van der Waals surface area (Å²) in [5.74, 6) is 0. The Morgan fingerprint density at radius 2 is 2.38 bits per heavy atom. The molecule has 0 aliphatic rings. The minimum atomic E-state index is -0.280. The summed E-state index contributed by atoms with van der Waals surface area (Å²) < 4.78 is 1.35. The van der Waals surface area contributed by atoms with Gasteiger partial charge in [0, 0.05) is 19.7 Å². The molecule has 0 unspecified atom stereocenters. The van der Waals surface area contributed by atoms with E-state index in [1.54, 1.807) is 0 Å². The molecule has 1 heterocycles. The van der Waals surface area contributed by atoms with Gasteiger partial charge in [0.25, 0.3) is 5.56 Å². The van der Waals surface area contributed by atoms with E-state index >= 15 is 0 Å². The third kappa shape index (κ3) is 3.21. The molecule has 0 amide bonds. The third-order valence-corrected chi connectivity index (χ3v) is 2.44. The topological polar surface area (TPSA) is 67.2 Å². The van der Waals surface area contributed by atoms with Crippen molar-refractivity contribution in [1.82, 2.24) is 9.78 Å². The van der Waals surface area contributed by atoms with E-state index < -0.39 is 0 Å². The van der Waals surface area contributed by atoms with Crippen molar-refractivity contribution in [3.63, 3.8) is 0 Å². The summed E-state index contributed by atoms with van der Waals surface area (Å²) in [6.07, 6.45) is 2.98. The van der Waals surface area contributed by atoms with Gasteiger partial charge in [0.1, 0.15) is 5.02 Å². The van der Waals surface area contributed by atoms with Crippen molar-refractivity contribution >= 4 is 17.3 Å². The zero-order valence-corrected chi connectivity index (χ0v) is 10.00. The van der Waals surface area contributed by atoms with E-state index in [0.29, 0.717) is 25.2 Å². The van der Waals surface area contributed by atoms with E-state index in [9.17, 15) is 4.79 Å². The Morgan fingerprint density at radius 1 is 1.62 bits per heavy atom. The Kier molecular flexibility index (Phi) is 5.28. The lowest BCUT2D eigenvalue weighted by molar-refractivity contribution is 0.292. The van der Waals surface area contributed by atoms with Gasteiger partial charge in [-0.3, -0.25) is 4.79 Å². The molecule has 90 valence electrons. The second-order valence-corrected chi connectivity index (χ2v) is 3.78. The first-order valence-corrected chi connectivity index (χ1v) is 5.68. The summed E-state index contributed by atoms with van der Waals surface area (Å²) in [6, 6.07) is 0. The SMILES string of the molecule is CCCn1ncc(NCCCO)c(Cl)c1=O. The average Bonchev–Trinajstić information content (AvgIpc) is 2.28. The molecule has 0 atom stereocenters. The highest BCUT2D eigenvalue weighted by atomic mass is 35.5. The van der Waals surface area contributed by atoms with Gasteiger partial charge in [0.15, 0.2) is 0 Å². The average molecular weight is 246 g/mol. The highest BCUT2D eigenvalue weighted by Crippen LogP contribution is 2.14. The number of aryl methyl sites for hydroxylation is 1. The smallest absolute Gasteiger partial charge is 0.287 e. The third-order valence-electron chi connectivity index (χ3n) is 2.07. The molecule has 0 saturated heterocycles. The predicted molar refractivity (Wildman–Crippen MR) is 64.0 cm³/mol. The van der Waals surface area contributed by atoms with Crippen LogP contribution in [0.2, 0.25) is 5.02 Å². The predicted octanol–water partition coefficient (Wildman–Crippen LogP) is 1.10.